The number of benzene rings is 1. The zero-order valence-corrected chi connectivity index (χ0v) is 23.5. The third-order valence-electron chi connectivity index (χ3n) is 5.28. The molecule has 1 aromatic carbocycles. The molecule has 0 bridgehead atoms. The van der Waals surface area contributed by atoms with E-state index in [0.29, 0.717) is 13.0 Å². The van der Waals surface area contributed by atoms with Gasteiger partial charge in [-0.2, -0.15) is 0 Å². The third-order valence-corrected chi connectivity index (χ3v) is 5.50. The van der Waals surface area contributed by atoms with Crippen molar-refractivity contribution >= 4 is 24.3 Å². The van der Waals surface area contributed by atoms with Crippen LogP contribution in [0.1, 0.15) is 46.2 Å². The summed E-state index contributed by atoms with van der Waals surface area (Å²) in [5.74, 6) is -0.0482. The molecule has 198 valence electrons. The van der Waals surface area contributed by atoms with Gasteiger partial charge in [0.2, 0.25) is 0 Å². The second kappa shape index (κ2) is 19.0. The van der Waals surface area contributed by atoms with Gasteiger partial charge >= 0.3 is 5.97 Å². The molecular formula is C29H42ClN3O3. The molecule has 0 fully saturated rings. The Morgan fingerprint density at radius 1 is 1.19 bits per heavy atom. The molecule has 0 amide bonds. The SMILES string of the molecule is C/C=C(\C)Cl.C/C=C\C(C)=C(\C)N(C)CCOc1ccc(CC(C(=O)O)n2cccc2)cc1.C=NC. The number of ether oxygens (including phenoxy) is 1. The lowest BCUT2D eigenvalue weighted by Crippen LogP contribution is -2.23. The highest BCUT2D eigenvalue weighted by Crippen LogP contribution is 2.19. The highest BCUT2D eigenvalue weighted by atomic mass is 35.5. The van der Waals surface area contributed by atoms with Crippen molar-refractivity contribution in [1.29, 1.82) is 0 Å². The molecule has 0 aliphatic heterocycles. The van der Waals surface area contributed by atoms with Crippen molar-refractivity contribution in [2.75, 3.05) is 27.2 Å². The highest BCUT2D eigenvalue weighted by Gasteiger charge is 2.19. The molecule has 1 atom stereocenters. The fourth-order valence-corrected chi connectivity index (χ4v) is 2.96. The number of halogens is 1. The summed E-state index contributed by atoms with van der Waals surface area (Å²) < 4.78 is 7.56. The van der Waals surface area contributed by atoms with E-state index in [1.165, 1.54) is 11.3 Å². The van der Waals surface area contributed by atoms with Gasteiger partial charge in [0.25, 0.3) is 0 Å². The maximum Gasteiger partial charge on any atom is 0.327 e. The molecule has 0 aliphatic rings. The summed E-state index contributed by atoms with van der Waals surface area (Å²) in [6.45, 7) is 14.5. The van der Waals surface area contributed by atoms with Crippen LogP contribution in [0.15, 0.2) is 88.3 Å². The Morgan fingerprint density at radius 3 is 2.17 bits per heavy atom. The molecule has 0 aliphatic carbocycles. The number of carbonyl (C=O) groups is 1. The smallest absolute Gasteiger partial charge is 0.327 e. The molecule has 2 rings (SSSR count). The Labute approximate surface area is 222 Å². The summed E-state index contributed by atoms with van der Waals surface area (Å²) in [4.78, 5) is 17.0. The van der Waals surface area contributed by atoms with Crippen molar-refractivity contribution in [2.24, 2.45) is 4.99 Å². The molecule has 0 radical (unpaired) electrons. The van der Waals surface area contributed by atoms with Gasteiger partial charge in [-0.15, -0.1) is 0 Å². The van der Waals surface area contributed by atoms with Crippen LogP contribution in [0.2, 0.25) is 0 Å². The molecule has 7 heteroatoms. The van der Waals surface area contributed by atoms with E-state index in [-0.39, 0.29) is 0 Å². The van der Waals surface area contributed by atoms with Crippen molar-refractivity contribution in [3.63, 3.8) is 0 Å². The van der Waals surface area contributed by atoms with Gasteiger partial charge in [-0.3, -0.25) is 0 Å². The van der Waals surface area contributed by atoms with Crippen LogP contribution in [-0.4, -0.2) is 54.5 Å². The van der Waals surface area contributed by atoms with Crippen molar-refractivity contribution < 1.29 is 14.6 Å². The van der Waals surface area contributed by atoms with Crippen LogP contribution < -0.4 is 4.74 Å². The summed E-state index contributed by atoms with van der Waals surface area (Å²) in [6, 6.07) is 10.7. The quantitative estimate of drug-likeness (QED) is 0.273. The third kappa shape index (κ3) is 13.6. The van der Waals surface area contributed by atoms with E-state index in [4.69, 9.17) is 16.3 Å². The van der Waals surface area contributed by atoms with Crippen molar-refractivity contribution in [3.8, 4) is 5.75 Å². The fourth-order valence-electron chi connectivity index (χ4n) is 2.96. The summed E-state index contributed by atoms with van der Waals surface area (Å²) in [7, 11) is 3.70. The zero-order valence-electron chi connectivity index (χ0n) is 22.7. The summed E-state index contributed by atoms with van der Waals surface area (Å²) in [6.07, 6.45) is 9.98. The highest BCUT2D eigenvalue weighted by molar-refractivity contribution is 6.29. The number of likely N-dealkylation sites (N-methyl/N-ethyl adjacent to an activating group) is 1. The van der Waals surface area contributed by atoms with Gasteiger partial charge in [-0.25, -0.2) is 4.79 Å². The number of carboxylic acids is 1. The van der Waals surface area contributed by atoms with Crippen LogP contribution in [0.4, 0.5) is 0 Å². The molecule has 1 aromatic heterocycles. The molecule has 6 nitrogen and oxygen atoms in total. The van der Waals surface area contributed by atoms with Gasteiger partial charge in [0.05, 0.1) is 6.54 Å². The lowest BCUT2D eigenvalue weighted by molar-refractivity contribution is -0.140. The first-order chi connectivity index (χ1) is 17.1. The zero-order chi connectivity index (χ0) is 27.5. The molecular weight excluding hydrogens is 474 g/mol. The number of hydrogen-bond acceptors (Lipinski definition) is 4. The molecule has 1 heterocycles. The first kappa shape index (κ1) is 32.8. The van der Waals surface area contributed by atoms with E-state index in [9.17, 15) is 9.90 Å². The standard InChI is InChI=1S/C23H30N2O3.C4H7Cl.C2H5N/c1-5-8-18(2)19(3)24(4)15-16-28-21-11-9-20(10-12-21)17-22(23(26)27)25-13-6-7-14-25;1-3-4(2)5;1-3-2/h5-14,22H,15-17H2,1-4H3,(H,26,27);3H,1-2H3;1H2,2H3/b8-5-,19-18-;4-3+;. The van der Waals surface area contributed by atoms with Crippen LogP contribution in [0, 0.1) is 0 Å². The summed E-state index contributed by atoms with van der Waals surface area (Å²) in [5.41, 5.74) is 3.43. The monoisotopic (exact) mass is 515 g/mol. The number of aliphatic imine (C=N–C) groups is 1. The number of aliphatic carboxylic acids is 1. The second-order valence-corrected chi connectivity index (χ2v) is 8.66. The van der Waals surface area contributed by atoms with Crippen LogP contribution in [-0.2, 0) is 11.2 Å². The number of carboxylic acid groups (broad SMARTS) is 1. The minimum Gasteiger partial charge on any atom is -0.492 e. The molecule has 1 unspecified atom stereocenters. The number of hydrogen-bond donors (Lipinski definition) is 1. The van der Waals surface area contributed by atoms with Gasteiger partial charge in [-0.05, 0) is 76.7 Å². The Kier molecular flexibility index (Phi) is 17.3. The van der Waals surface area contributed by atoms with E-state index >= 15 is 0 Å². The molecule has 36 heavy (non-hydrogen) atoms. The van der Waals surface area contributed by atoms with E-state index in [1.54, 1.807) is 24.0 Å². The lowest BCUT2D eigenvalue weighted by atomic mass is 10.1. The van der Waals surface area contributed by atoms with E-state index in [0.717, 1.165) is 22.9 Å². The molecule has 2 aromatic rings. The number of allylic oxidation sites excluding steroid dienone is 6. The topological polar surface area (TPSA) is 67.1 Å². The van der Waals surface area contributed by atoms with Crippen LogP contribution in [0.25, 0.3) is 0 Å². The summed E-state index contributed by atoms with van der Waals surface area (Å²) >= 11 is 5.32. The maximum absolute atomic E-state index is 11.6. The number of aromatic nitrogens is 1. The largest absolute Gasteiger partial charge is 0.492 e. The van der Waals surface area contributed by atoms with Gasteiger partial charge < -0.3 is 24.3 Å². The van der Waals surface area contributed by atoms with E-state index in [1.807, 2.05) is 69.3 Å². The Bertz CT molecular complexity index is 974. The normalized spacial score (nSPS) is 12.4. The van der Waals surface area contributed by atoms with Crippen molar-refractivity contribution in [1.82, 2.24) is 9.47 Å². The maximum atomic E-state index is 11.6. The minimum atomic E-state index is -0.837. The van der Waals surface area contributed by atoms with Crippen molar-refractivity contribution in [3.05, 3.63) is 88.9 Å². The van der Waals surface area contributed by atoms with E-state index < -0.39 is 12.0 Å². The first-order valence-electron chi connectivity index (χ1n) is 11.8. The van der Waals surface area contributed by atoms with Crippen LogP contribution in [0.5, 0.6) is 5.75 Å². The van der Waals surface area contributed by atoms with Crippen molar-refractivity contribution in [2.45, 2.75) is 47.1 Å². The van der Waals surface area contributed by atoms with Gasteiger partial charge in [0, 0.05) is 43.6 Å². The minimum absolute atomic E-state index is 0.432. The number of rotatable bonds is 10. The number of nitrogens with zero attached hydrogens (tertiary/aromatic N) is 3. The van der Waals surface area contributed by atoms with Crippen LogP contribution >= 0.6 is 11.6 Å². The fraction of sp³-hybridized carbons (Fsp3) is 0.379. The second-order valence-electron chi connectivity index (χ2n) is 8.06. The molecule has 0 saturated heterocycles. The Balaban J connectivity index is 0.00000134. The van der Waals surface area contributed by atoms with Gasteiger partial charge in [0.1, 0.15) is 18.4 Å². The lowest BCUT2D eigenvalue weighted by Gasteiger charge is -2.21. The molecule has 0 saturated carbocycles. The Hall–Kier alpha value is -3.25. The Morgan fingerprint density at radius 2 is 1.72 bits per heavy atom. The first-order valence-corrected chi connectivity index (χ1v) is 12.2. The molecule has 0 spiro atoms. The average Bonchev–Trinajstić information content (AvgIpc) is 3.38. The predicted octanol–water partition coefficient (Wildman–Crippen LogP) is 7.00. The molecule has 1 N–H and O–H groups in total. The van der Waals surface area contributed by atoms with Crippen LogP contribution in [0.3, 0.4) is 0 Å². The van der Waals surface area contributed by atoms with Gasteiger partial charge in [0.15, 0.2) is 0 Å². The average molecular weight is 516 g/mol. The van der Waals surface area contributed by atoms with Gasteiger partial charge in [-0.1, -0.05) is 42.0 Å². The predicted molar refractivity (Wildman–Crippen MR) is 153 cm³/mol. The summed E-state index contributed by atoms with van der Waals surface area (Å²) in [5, 5.41) is 10.3. The van der Waals surface area contributed by atoms with E-state index in [2.05, 4.69) is 43.6 Å².